The number of phenols is 2. The molecule has 0 heterocycles. The molecule has 21 heavy (non-hydrogen) atoms. The maximum absolute atomic E-state index is 11.9. The zero-order valence-corrected chi connectivity index (χ0v) is 10.9. The van der Waals surface area contributed by atoms with E-state index >= 15 is 0 Å². The molecule has 0 bridgehead atoms. The molecule has 2 rings (SSSR count). The highest BCUT2D eigenvalue weighted by Gasteiger charge is 2.15. The van der Waals surface area contributed by atoms with E-state index in [1.807, 2.05) is 0 Å². The molecule has 4 N–H and O–H groups in total. The fraction of sp³-hybridized carbons (Fsp3) is 0.0667. The van der Waals surface area contributed by atoms with Crippen LogP contribution in [0, 0.1) is 0 Å². The lowest BCUT2D eigenvalue weighted by molar-refractivity contribution is 0.0696. The molecule has 0 saturated heterocycles. The molecule has 2 aromatic carbocycles. The first kappa shape index (κ1) is 14.4. The Bertz CT molecular complexity index is 676. The summed E-state index contributed by atoms with van der Waals surface area (Å²) in [5, 5.41) is 30.5. The van der Waals surface area contributed by atoms with Gasteiger partial charge in [-0.25, -0.2) is 4.79 Å². The van der Waals surface area contributed by atoms with Gasteiger partial charge in [-0.2, -0.15) is 0 Å². The molecule has 0 unspecified atom stereocenters. The molecule has 0 aliphatic carbocycles. The number of amides is 1. The third-order valence-electron chi connectivity index (χ3n) is 2.87. The molecule has 1 amide bonds. The number of carboxylic acid groups (broad SMARTS) is 1. The number of nitrogens with one attached hydrogen (secondary N) is 1. The quantitative estimate of drug-likeness (QED) is 0.685. The van der Waals surface area contributed by atoms with E-state index in [9.17, 15) is 19.8 Å². The number of carboxylic acids is 1. The minimum absolute atomic E-state index is 0.0771. The van der Waals surface area contributed by atoms with Crippen molar-refractivity contribution in [2.24, 2.45) is 0 Å². The summed E-state index contributed by atoms with van der Waals surface area (Å²) in [6, 6.07) is 10.1. The lowest BCUT2D eigenvalue weighted by Crippen LogP contribution is -2.23. The van der Waals surface area contributed by atoms with Crippen LogP contribution in [0.15, 0.2) is 42.5 Å². The van der Waals surface area contributed by atoms with E-state index in [0.717, 1.165) is 0 Å². The molecule has 0 aliphatic heterocycles. The van der Waals surface area contributed by atoms with Gasteiger partial charge in [0, 0.05) is 6.54 Å². The maximum atomic E-state index is 11.9. The van der Waals surface area contributed by atoms with E-state index in [-0.39, 0.29) is 29.2 Å². The molecule has 108 valence electrons. The van der Waals surface area contributed by atoms with Crippen LogP contribution in [-0.2, 0) is 6.54 Å². The van der Waals surface area contributed by atoms with Gasteiger partial charge in [0.15, 0.2) is 0 Å². The monoisotopic (exact) mass is 287 g/mol. The first-order valence-corrected chi connectivity index (χ1v) is 6.10. The molecule has 0 fully saturated rings. The molecule has 0 aliphatic rings. The number of rotatable bonds is 4. The SMILES string of the molecule is O=C(O)c1cccc(CNC(=O)c2c(O)cccc2O)c1. The second-order valence-electron chi connectivity index (χ2n) is 4.36. The summed E-state index contributed by atoms with van der Waals surface area (Å²) in [5.41, 5.74) is 0.497. The third-order valence-corrected chi connectivity index (χ3v) is 2.87. The lowest BCUT2D eigenvalue weighted by Gasteiger charge is -2.09. The summed E-state index contributed by atoms with van der Waals surface area (Å²) < 4.78 is 0. The second kappa shape index (κ2) is 5.96. The van der Waals surface area contributed by atoms with Gasteiger partial charge < -0.3 is 20.6 Å². The van der Waals surface area contributed by atoms with Gasteiger partial charge in [0.25, 0.3) is 5.91 Å². The number of hydrogen-bond acceptors (Lipinski definition) is 4. The van der Waals surface area contributed by atoms with Crippen LogP contribution in [0.25, 0.3) is 0 Å². The van der Waals surface area contributed by atoms with E-state index in [2.05, 4.69) is 5.32 Å². The number of aromatic carboxylic acids is 1. The van der Waals surface area contributed by atoms with Gasteiger partial charge in [0.05, 0.1) is 5.56 Å². The Hall–Kier alpha value is -3.02. The average Bonchev–Trinajstić information content (AvgIpc) is 2.45. The Kier molecular flexibility index (Phi) is 4.08. The predicted octanol–water partition coefficient (Wildman–Crippen LogP) is 1.73. The molecule has 2 aromatic rings. The van der Waals surface area contributed by atoms with Crippen molar-refractivity contribution in [3.63, 3.8) is 0 Å². The second-order valence-corrected chi connectivity index (χ2v) is 4.36. The van der Waals surface area contributed by atoms with Crippen molar-refractivity contribution in [1.29, 1.82) is 0 Å². The highest BCUT2D eigenvalue weighted by atomic mass is 16.4. The topological polar surface area (TPSA) is 107 Å². The third kappa shape index (κ3) is 3.30. The van der Waals surface area contributed by atoms with E-state index in [1.165, 1.54) is 30.3 Å². The van der Waals surface area contributed by atoms with Crippen LogP contribution in [0.4, 0.5) is 0 Å². The van der Waals surface area contributed by atoms with Crippen molar-refractivity contribution in [3.8, 4) is 11.5 Å². The molecule has 0 atom stereocenters. The van der Waals surface area contributed by atoms with E-state index < -0.39 is 11.9 Å². The molecular formula is C15H13NO5. The average molecular weight is 287 g/mol. The Balaban J connectivity index is 2.11. The van der Waals surface area contributed by atoms with Gasteiger partial charge in [-0.05, 0) is 29.8 Å². The van der Waals surface area contributed by atoms with Crippen LogP contribution in [-0.4, -0.2) is 27.2 Å². The van der Waals surface area contributed by atoms with Crippen LogP contribution in [0.1, 0.15) is 26.3 Å². The molecule has 6 nitrogen and oxygen atoms in total. The zero-order valence-electron chi connectivity index (χ0n) is 10.9. The Labute approximate surface area is 120 Å². The Morgan fingerprint density at radius 3 is 2.24 bits per heavy atom. The molecule has 0 saturated carbocycles. The summed E-state index contributed by atoms with van der Waals surface area (Å²) in [6.45, 7) is 0.0771. The van der Waals surface area contributed by atoms with Crippen LogP contribution >= 0.6 is 0 Å². The lowest BCUT2D eigenvalue weighted by atomic mass is 10.1. The fourth-order valence-corrected chi connectivity index (χ4v) is 1.85. The minimum atomic E-state index is -1.05. The van der Waals surface area contributed by atoms with Crippen molar-refractivity contribution < 1.29 is 24.9 Å². The van der Waals surface area contributed by atoms with Gasteiger partial charge in [-0.3, -0.25) is 4.79 Å². The van der Waals surface area contributed by atoms with Crippen molar-refractivity contribution in [2.75, 3.05) is 0 Å². The number of phenolic OH excluding ortho intramolecular Hbond substituents is 2. The largest absolute Gasteiger partial charge is 0.507 e. The van der Waals surface area contributed by atoms with Crippen LogP contribution in [0.2, 0.25) is 0 Å². The first-order chi connectivity index (χ1) is 9.99. The van der Waals surface area contributed by atoms with Gasteiger partial charge in [0.1, 0.15) is 17.1 Å². The van der Waals surface area contributed by atoms with Gasteiger partial charge in [0.2, 0.25) is 0 Å². The summed E-state index contributed by atoms with van der Waals surface area (Å²) in [5.74, 6) is -2.36. The Morgan fingerprint density at radius 1 is 1.00 bits per heavy atom. The smallest absolute Gasteiger partial charge is 0.335 e. The highest BCUT2D eigenvalue weighted by molar-refractivity contribution is 5.99. The van der Waals surface area contributed by atoms with E-state index in [1.54, 1.807) is 12.1 Å². The fourth-order valence-electron chi connectivity index (χ4n) is 1.85. The van der Waals surface area contributed by atoms with Crippen molar-refractivity contribution in [3.05, 3.63) is 59.2 Å². The van der Waals surface area contributed by atoms with E-state index in [4.69, 9.17) is 5.11 Å². The van der Waals surface area contributed by atoms with Gasteiger partial charge in [-0.1, -0.05) is 18.2 Å². The summed E-state index contributed by atoms with van der Waals surface area (Å²) in [7, 11) is 0. The first-order valence-electron chi connectivity index (χ1n) is 6.10. The Morgan fingerprint density at radius 2 is 1.62 bits per heavy atom. The molecular weight excluding hydrogens is 274 g/mol. The molecule has 0 aromatic heterocycles. The molecule has 0 radical (unpaired) electrons. The van der Waals surface area contributed by atoms with E-state index in [0.29, 0.717) is 5.56 Å². The zero-order chi connectivity index (χ0) is 15.4. The number of hydrogen-bond donors (Lipinski definition) is 4. The number of aromatic hydroxyl groups is 2. The molecule has 0 spiro atoms. The van der Waals surface area contributed by atoms with Crippen LogP contribution < -0.4 is 5.32 Å². The standard InChI is InChI=1S/C15H13NO5/c17-11-5-2-6-12(18)13(11)14(19)16-8-9-3-1-4-10(7-9)15(20)21/h1-7,17-18H,8H2,(H,16,19)(H,20,21). The van der Waals surface area contributed by atoms with Crippen molar-refractivity contribution >= 4 is 11.9 Å². The van der Waals surface area contributed by atoms with Gasteiger partial charge >= 0.3 is 5.97 Å². The highest BCUT2D eigenvalue weighted by Crippen LogP contribution is 2.25. The van der Waals surface area contributed by atoms with Gasteiger partial charge in [-0.15, -0.1) is 0 Å². The molecule has 6 heteroatoms. The summed E-state index contributed by atoms with van der Waals surface area (Å²) >= 11 is 0. The minimum Gasteiger partial charge on any atom is -0.507 e. The number of carbonyl (C=O) groups excluding carboxylic acids is 1. The normalized spacial score (nSPS) is 10.1. The predicted molar refractivity (Wildman–Crippen MR) is 74.3 cm³/mol. The van der Waals surface area contributed by atoms with Crippen molar-refractivity contribution in [1.82, 2.24) is 5.32 Å². The van der Waals surface area contributed by atoms with Crippen LogP contribution in [0.3, 0.4) is 0 Å². The maximum Gasteiger partial charge on any atom is 0.335 e. The number of carbonyl (C=O) groups is 2. The van der Waals surface area contributed by atoms with Crippen LogP contribution in [0.5, 0.6) is 11.5 Å². The van der Waals surface area contributed by atoms with Crippen molar-refractivity contribution in [2.45, 2.75) is 6.54 Å². The summed E-state index contributed by atoms with van der Waals surface area (Å²) in [4.78, 5) is 22.8. The summed E-state index contributed by atoms with van der Waals surface area (Å²) in [6.07, 6.45) is 0. The number of benzene rings is 2.